The van der Waals surface area contributed by atoms with Crippen LogP contribution in [0.3, 0.4) is 0 Å². The molecule has 1 amide bonds. The zero-order valence-electron chi connectivity index (χ0n) is 14.8. The first-order chi connectivity index (χ1) is 12.3. The van der Waals surface area contributed by atoms with Crippen LogP contribution in [0.4, 0.5) is 0 Å². The fourth-order valence-corrected chi connectivity index (χ4v) is 2.99. The van der Waals surface area contributed by atoms with Crippen LogP contribution in [-0.2, 0) is 10.0 Å². The fraction of sp³-hybridized carbons (Fsp3) is 0.211. The van der Waals surface area contributed by atoms with E-state index in [-0.39, 0.29) is 17.3 Å². The van der Waals surface area contributed by atoms with Crippen LogP contribution in [0, 0.1) is 11.8 Å². The minimum Gasteiger partial charge on any atom is -0.497 e. The van der Waals surface area contributed by atoms with Gasteiger partial charge in [0, 0.05) is 25.2 Å². The smallest absolute Gasteiger partial charge is 0.253 e. The maximum atomic E-state index is 12.2. The van der Waals surface area contributed by atoms with Gasteiger partial charge in [-0.25, -0.2) is 8.42 Å². The average molecular weight is 372 g/mol. The number of nitrogens with one attached hydrogen (secondary N) is 1. The van der Waals surface area contributed by atoms with Crippen molar-refractivity contribution in [3.05, 3.63) is 59.7 Å². The molecule has 0 heterocycles. The van der Waals surface area contributed by atoms with Crippen molar-refractivity contribution in [1.82, 2.24) is 9.62 Å². The van der Waals surface area contributed by atoms with Crippen molar-refractivity contribution in [3.8, 4) is 17.6 Å². The van der Waals surface area contributed by atoms with Crippen molar-refractivity contribution in [2.75, 3.05) is 27.7 Å². The number of methoxy groups -OCH3 is 1. The van der Waals surface area contributed by atoms with Crippen molar-refractivity contribution >= 4 is 15.9 Å². The van der Waals surface area contributed by atoms with Gasteiger partial charge in [-0.2, -0.15) is 4.72 Å². The Morgan fingerprint density at radius 3 is 2.23 bits per heavy atom. The third kappa shape index (κ3) is 5.09. The van der Waals surface area contributed by atoms with Crippen molar-refractivity contribution in [2.45, 2.75) is 4.90 Å². The molecule has 0 aliphatic heterocycles. The largest absolute Gasteiger partial charge is 0.497 e. The summed E-state index contributed by atoms with van der Waals surface area (Å²) in [5, 5.41) is 0. The molecule has 0 saturated heterocycles. The second-order valence-corrected chi connectivity index (χ2v) is 7.35. The molecule has 0 aliphatic carbocycles. The second-order valence-electron chi connectivity index (χ2n) is 5.58. The number of benzene rings is 2. The summed E-state index contributed by atoms with van der Waals surface area (Å²) in [6.45, 7) is -0.0211. The van der Waals surface area contributed by atoms with Gasteiger partial charge in [0.1, 0.15) is 5.75 Å². The second kappa shape index (κ2) is 8.52. The van der Waals surface area contributed by atoms with Crippen LogP contribution in [-0.4, -0.2) is 47.0 Å². The Morgan fingerprint density at radius 2 is 1.69 bits per heavy atom. The van der Waals surface area contributed by atoms with E-state index >= 15 is 0 Å². The van der Waals surface area contributed by atoms with Gasteiger partial charge in [0.25, 0.3) is 5.91 Å². The number of carbonyl (C=O) groups is 1. The summed E-state index contributed by atoms with van der Waals surface area (Å²) in [5.41, 5.74) is 1.27. The summed E-state index contributed by atoms with van der Waals surface area (Å²) in [5.74, 6) is 6.12. The molecular formula is C19H20N2O4S. The predicted octanol–water partition coefficient (Wildman–Crippen LogP) is 1.73. The fourth-order valence-electron chi connectivity index (χ4n) is 2.07. The van der Waals surface area contributed by atoms with Crippen LogP contribution in [0.5, 0.6) is 5.75 Å². The molecule has 0 atom stereocenters. The van der Waals surface area contributed by atoms with Gasteiger partial charge in [0.2, 0.25) is 10.0 Å². The van der Waals surface area contributed by atoms with Crippen LogP contribution in [0.25, 0.3) is 0 Å². The molecule has 6 nitrogen and oxygen atoms in total. The number of ether oxygens (including phenoxy) is 1. The van der Waals surface area contributed by atoms with E-state index in [1.54, 1.807) is 50.5 Å². The lowest BCUT2D eigenvalue weighted by atomic mass is 10.1. The number of nitrogens with zero attached hydrogens (tertiary/aromatic N) is 1. The van der Waals surface area contributed by atoms with Crippen molar-refractivity contribution in [1.29, 1.82) is 0 Å². The number of hydrogen-bond acceptors (Lipinski definition) is 4. The molecule has 0 saturated carbocycles. The molecule has 7 heteroatoms. The van der Waals surface area contributed by atoms with Crippen LogP contribution < -0.4 is 9.46 Å². The lowest BCUT2D eigenvalue weighted by molar-refractivity contribution is 0.0827. The highest BCUT2D eigenvalue weighted by Crippen LogP contribution is 2.15. The molecule has 1 N–H and O–H groups in total. The van der Waals surface area contributed by atoms with Crippen molar-refractivity contribution in [2.24, 2.45) is 0 Å². The molecule has 0 bridgehead atoms. The van der Waals surface area contributed by atoms with Gasteiger partial charge in [0.15, 0.2) is 0 Å². The van der Waals surface area contributed by atoms with Gasteiger partial charge in [-0.05, 0) is 48.5 Å². The lowest BCUT2D eigenvalue weighted by Gasteiger charge is -2.09. The minimum absolute atomic E-state index is 0.0211. The molecule has 0 radical (unpaired) electrons. The first-order valence-electron chi connectivity index (χ1n) is 7.78. The standard InChI is InChI=1S/C19H20N2O4S/c1-21(2)19(22)16-8-6-15(7-9-16)5-4-14-20-26(23,24)18-12-10-17(25-3)11-13-18/h6-13,20H,14H2,1-3H3. The number of amides is 1. The van der Waals surface area contributed by atoms with Crippen LogP contribution in [0.15, 0.2) is 53.4 Å². The zero-order chi connectivity index (χ0) is 19.2. The maximum absolute atomic E-state index is 12.2. The third-order valence-electron chi connectivity index (χ3n) is 3.49. The van der Waals surface area contributed by atoms with E-state index in [1.165, 1.54) is 24.1 Å². The molecule has 2 aromatic carbocycles. The number of carbonyl (C=O) groups excluding carboxylic acids is 1. The first-order valence-corrected chi connectivity index (χ1v) is 9.26. The van der Waals surface area contributed by atoms with Crippen molar-refractivity contribution < 1.29 is 17.9 Å². The SMILES string of the molecule is COc1ccc(S(=O)(=O)NCC#Cc2ccc(C(=O)N(C)C)cc2)cc1. The maximum Gasteiger partial charge on any atom is 0.253 e. The zero-order valence-corrected chi connectivity index (χ0v) is 15.6. The van der Waals surface area contributed by atoms with Gasteiger partial charge in [-0.3, -0.25) is 4.79 Å². The summed E-state index contributed by atoms with van der Waals surface area (Å²) >= 11 is 0. The highest BCUT2D eigenvalue weighted by Gasteiger charge is 2.12. The van der Waals surface area contributed by atoms with Gasteiger partial charge in [-0.15, -0.1) is 0 Å². The van der Waals surface area contributed by atoms with Gasteiger partial charge in [0.05, 0.1) is 18.6 Å². The Hall–Kier alpha value is -2.82. The van der Waals surface area contributed by atoms with Gasteiger partial charge < -0.3 is 9.64 Å². The summed E-state index contributed by atoms with van der Waals surface area (Å²) in [4.78, 5) is 13.4. The highest BCUT2D eigenvalue weighted by molar-refractivity contribution is 7.89. The topological polar surface area (TPSA) is 75.7 Å². The van der Waals surface area contributed by atoms with Crippen LogP contribution in [0.2, 0.25) is 0 Å². The molecule has 0 aromatic heterocycles. The first kappa shape index (κ1) is 19.5. The monoisotopic (exact) mass is 372 g/mol. The Labute approximate surface area is 153 Å². The summed E-state index contributed by atoms with van der Waals surface area (Å²) in [6, 6.07) is 12.9. The van der Waals surface area contributed by atoms with Gasteiger partial charge in [-0.1, -0.05) is 11.8 Å². The van der Waals surface area contributed by atoms with Gasteiger partial charge >= 0.3 is 0 Å². The molecule has 26 heavy (non-hydrogen) atoms. The van der Waals surface area contributed by atoms with Crippen LogP contribution >= 0.6 is 0 Å². The molecule has 0 aliphatic rings. The third-order valence-corrected chi connectivity index (χ3v) is 4.91. The van der Waals surface area contributed by atoms with E-state index in [2.05, 4.69) is 16.6 Å². The predicted molar refractivity (Wildman–Crippen MR) is 99.5 cm³/mol. The van der Waals surface area contributed by atoms with E-state index in [0.717, 1.165) is 0 Å². The van der Waals surface area contributed by atoms with E-state index in [1.807, 2.05) is 0 Å². The molecule has 0 fully saturated rings. The van der Waals surface area contributed by atoms with Crippen LogP contribution in [0.1, 0.15) is 15.9 Å². The highest BCUT2D eigenvalue weighted by atomic mass is 32.2. The Balaban J connectivity index is 1.98. The molecule has 0 unspecified atom stereocenters. The lowest BCUT2D eigenvalue weighted by Crippen LogP contribution is -2.23. The number of rotatable bonds is 5. The quantitative estimate of drug-likeness (QED) is 0.811. The Bertz CT molecular complexity index is 922. The minimum atomic E-state index is -3.63. The van der Waals surface area contributed by atoms with E-state index in [9.17, 15) is 13.2 Å². The summed E-state index contributed by atoms with van der Waals surface area (Å²) in [7, 11) is 1.26. The van der Waals surface area contributed by atoms with E-state index in [4.69, 9.17) is 4.74 Å². The number of sulfonamides is 1. The molecule has 0 spiro atoms. The molecule has 2 rings (SSSR count). The van der Waals surface area contributed by atoms with E-state index in [0.29, 0.717) is 16.9 Å². The molecule has 136 valence electrons. The molecule has 2 aromatic rings. The summed E-state index contributed by atoms with van der Waals surface area (Å²) in [6.07, 6.45) is 0. The summed E-state index contributed by atoms with van der Waals surface area (Å²) < 4.78 is 31.8. The van der Waals surface area contributed by atoms with E-state index < -0.39 is 10.0 Å². The number of hydrogen-bond donors (Lipinski definition) is 1. The molecular weight excluding hydrogens is 352 g/mol. The van der Waals surface area contributed by atoms with Crippen molar-refractivity contribution in [3.63, 3.8) is 0 Å². The Kier molecular flexibility index (Phi) is 6.39. The average Bonchev–Trinajstić information content (AvgIpc) is 2.65. The Morgan fingerprint density at radius 1 is 1.08 bits per heavy atom. The normalized spacial score (nSPS) is 10.6.